The summed E-state index contributed by atoms with van der Waals surface area (Å²) < 4.78 is 15.4. The van der Waals surface area contributed by atoms with Gasteiger partial charge in [-0.3, -0.25) is 9.32 Å². The Bertz CT molecular complexity index is 927. The van der Waals surface area contributed by atoms with Crippen LogP contribution in [0.4, 0.5) is 11.4 Å². The van der Waals surface area contributed by atoms with Crippen LogP contribution in [-0.2, 0) is 15.5 Å². The Morgan fingerprint density at radius 2 is 2.00 bits per heavy atom. The van der Waals surface area contributed by atoms with Crippen molar-refractivity contribution >= 4 is 37.3 Å². The minimum Gasteiger partial charge on any atom is -0.397 e. The minimum absolute atomic E-state index is 0.163. The maximum Gasteiger partial charge on any atom is 0.327 e. The molecule has 0 aliphatic rings. The Hall–Kier alpha value is -2.53. The van der Waals surface area contributed by atoms with E-state index in [9.17, 15) is 9.36 Å². The average Bonchev–Trinajstić information content (AvgIpc) is 3.19. The summed E-state index contributed by atoms with van der Waals surface area (Å²) in [6.45, 7) is 1.84. The first kappa shape index (κ1) is 19.2. The van der Waals surface area contributed by atoms with Gasteiger partial charge in [0, 0.05) is 10.4 Å². The summed E-state index contributed by atoms with van der Waals surface area (Å²) in [5.41, 5.74) is 9.68. The molecule has 1 unspecified atom stereocenters. The van der Waals surface area contributed by atoms with Gasteiger partial charge in [0.15, 0.2) is 0 Å². The van der Waals surface area contributed by atoms with Gasteiger partial charge in [0.25, 0.3) is 5.91 Å². The number of anilines is 2. The van der Waals surface area contributed by atoms with Crippen molar-refractivity contribution in [2.24, 2.45) is 0 Å². The fourth-order valence-electron chi connectivity index (χ4n) is 2.69. The van der Waals surface area contributed by atoms with E-state index < -0.39 is 0 Å². The van der Waals surface area contributed by atoms with E-state index in [0.717, 1.165) is 16.0 Å². The number of hydrogen-bond acceptors (Lipinski definition) is 5. The van der Waals surface area contributed by atoms with Gasteiger partial charge in [-0.2, -0.15) is 0 Å². The van der Waals surface area contributed by atoms with E-state index in [2.05, 4.69) is 5.32 Å². The Labute approximate surface area is 163 Å². The summed E-state index contributed by atoms with van der Waals surface area (Å²) in [6.07, 6.45) is 0.455. The highest BCUT2D eigenvalue weighted by Crippen LogP contribution is 2.30. The molecule has 0 saturated heterocycles. The number of carbonyl (C=O) groups is 1. The third-order valence-corrected chi connectivity index (χ3v) is 5.43. The largest absolute Gasteiger partial charge is 0.397 e. The van der Waals surface area contributed by atoms with Gasteiger partial charge in [-0.1, -0.05) is 24.3 Å². The van der Waals surface area contributed by atoms with E-state index >= 15 is 0 Å². The molecule has 138 valence electrons. The molecule has 5 nitrogen and oxygen atoms in total. The smallest absolute Gasteiger partial charge is 0.327 e. The second-order valence-corrected chi connectivity index (χ2v) is 7.43. The van der Waals surface area contributed by atoms with E-state index in [1.54, 1.807) is 29.5 Å². The zero-order valence-electron chi connectivity index (χ0n) is 14.7. The zero-order valence-corrected chi connectivity index (χ0v) is 16.4. The topological polar surface area (TPSA) is 81.4 Å². The predicted octanol–water partition coefficient (Wildman–Crippen LogP) is 5.40. The van der Waals surface area contributed by atoms with E-state index in [4.69, 9.17) is 10.3 Å². The third kappa shape index (κ3) is 5.01. The lowest BCUT2D eigenvalue weighted by Crippen LogP contribution is -2.13. The van der Waals surface area contributed by atoms with Gasteiger partial charge in [0.2, 0.25) is 0 Å². The van der Waals surface area contributed by atoms with Crippen molar-refractivity contribution in [2.75, 3.05) is 11.1 Å². The number of nitrogens with one attached hydrogen (secondary N) is 1. The first-order chi connectivity index (χ1) is 13.1. The molecule has 0 spiro atoms. The molecular formula is C20H19N2O3PS. The normalized spacial score (nSPS) is 12.0. The van der Waals surface area contributed by atoms with Crippen LogP contribution in [0.1, 0.15) is 22.8 Å². The lowest BCUT2D eigenvalue weighted by molar-refractivity contribution is 0.102. The SMILES string of the molecule is CC(Cc1ccc(C(=O)Nc2cc(-c3cccs3)ccc2N)cc1)OP=O. The fraction of sp³-hybridized carbons (Fsp3) is 0.150. The second kappa shape index (κ2) is 8.91. The highest BCUT2D eigenvalue weighted by Gasteiger charge is 2.11. The van der Waals surface area contributed by atoms with E-state index in [1.165, 1.54) is 0 Å². The average molecular weight is 398 g/mol. The molecule has 3 N–H and O–H groups in total. The molecule has 0 saturated carbocycles. The third-order valence-electron chi connectivity index (χ3n) is 4.07. The molecule has 0 radical (unpaired) electrons. The van der Waals surface area contributed by atoms with Crippen molar-refractivity contribution in [1.82, 2.24) is 0 Å². The lowest BCUT2D eigenvalue weighted by atomic mass is 10.1. The lowest BCUT2D eigenvalue weighted by Gasteiger charge is -2.11. The van der Waals surface area contributed by atoms with Crippen LogP contribution in [0.5, 0.6) is 0 Å². The number of nitrogen functional groups attached to an aromatic ring is 1. The van der Waals surface area contributed by atoms with Crippen LogP contribution in [0.25, 0.3) is 10.4 Å². The summed E-state index contributed by atoms with van der Waals surface area (Å²) in [6, 6.07) is 16.9. The molecule has 0 aliphatic carbocycles. The fourth-order valence-corrected chi connectivity index (χ4v) is 3.64. The van der Waals surface area contributed by atoms with E-state index in [0.29, 0.717) is 23.4 Å². The number of amides is 1. The minimum atomic E-state index is -0.327. The maximum atomic E-state index is 12.6. The summed E-state index contributed by atoms with van der Waals surface area (Å²) in [5, 5.41) is 4.89. The summed E-state index contributed by atoms with van der Waals surface area (Å²) in [4.78, 5) is 13.7. The van der Waals surface area contributed by atoms with Crippen LogP contribution in [-0.4, -0.2) is 12.0 Å². The van der Waals surface area contributed by atoms with Crippen LogP contribution in [0.15, 0.2) is 60.0 Å². The Kier molecular flexibility index (Phi) is 6.35. The van der Waals surface area contributed by atoms with Crippen LogP contribution >= 0.6 is 20.0 Å². The van der Waals surface area contributed by atoms with E-state index in [-0.39, 0.29) is 20.7 Å². The van der Waals surface area contributed by atoms with Crippen molar-refractivity contribution in [1.29, 1.82) is 0 Å². The van der Waals surface area contributed by atoms with Gasteiger partial charge in [0.1, 0.15) is 0 Å². The molecule has 0 fully saturated rings. The monoisotopic (exact) mass is 398 g/mol. The van der Waals surface area contributed by atoms with Crippen molar-refractivity contribution in [3.63, 3.8) is 0 Å². The first-order valence-electron chi connectivity index (χ1n) is 8.39. The van der Waals surface area contributed by atoms with Crippen molar-refractivity contribution < 1.29 is 13.9 Å². The first-order valence-corrected chi connectivity index (χ1v) is 10.00. The molecule has 27 heavy (non-hydrogen) atoms. The van der Waals surface area contributed by atoms with Crippen LogP contribution in [0.3, 0.4) is 0 Å². The zero-order chi connectivity index (χ0) is 19.2. The summed E-state index contributed by atoms with van der Waals surface area (Å²) in [7, 11) is -0.327. The molecule has 0 aliphatic heterocycles. The van der Waals surface area contributed by atoms with Gasteiger partial charge < -0.3 is 11.1 Å². The van der Waals surface area contributed by atoms with Gasteiger partial charge >= 0.3 is 8.69 Å². The van der Waals surface area contributed by atoms with Crippen molar-refractivity contribution in [3.8, 4) is 10.4 Å². The number of rotatable bonds is 7. The van der Waals surface area contributed by atoms with Gasteiger partial charge in [0.05, 0.1) is 17.5 Å². The van der Waals surface area contributed by atoms with Crippen LogP contribution in [0.2, 0.25) is 0 Å². The van der Waals surface area contributed by atoms with Gasteiger partial charge in [-0.15, -0.1) is 11.3 Å². The van der Waals surface area contributed by atoms with E-state index in [1.807, 2.05) is 48.7 Å². The second-order valence-electron chi connectivity index (χ2n) is 6.13. The Balaban J connectivity index is 1.72. The van der Waals surface area contributed by atoms with Crippen molar-refractivity contribution in [3.05, 3.63) is 71.1 Å². The quantitative estimate of drug-likeness (QED) is 0.412. The number of thiophene rings is 1. The molecule has 0 bridgehead atoms. The molecule has 2 aromatic carbocycles. The highest BCUT2D eigenvalue weighted by molar-refractivity contribution is 7.17. The van der Waals surface area contributed by atoms with Crippen molar-refractivity contribution in [2.45, 2.75) is 19.4 Å². The molecule has 1 atom stereocenters. The number of hydrogen-bond donors (Lipinski definition) is 2. The molecule has 7 heteroatoms. The van der Waals surface area contributed by atoms with Gasteiger partial charge in [-0.25, -0.2) is 4.57 Å². The molecular weight excluding hydrogens is 379 g/mol. The molecule has 1 heterocycles. The van der Waals surface area contributed by atoms with Crippen LogP contribution in [0, 0.1) is 0 Å². The molecule has 1 aromatic heterocycles. The Morgan fingerprint density at radius 3 is 2.67 bits per heavy atom. The Morgan fingerprint density at radius 1 is 1.22 bits per heavy atom. The number of nitrogens with two attached hydrogens (primary N) is 1. The number of benzene rings is 2. The molecule has 3 aromatic rings. The predicted molar refractivity (Wildman–Crippen MR) is 110 cm³/mol. The highest BCUT2D eigenvalue weighted by atomic mass is 32.1. The van der Waals surface area contributed by atoms with Crippen LogP contribution < -0.4 is 11.1 Å². The molecule has 3 rings (SSSR count). The molecule has 1 amide bonds. The summed E-state index contributed by atoms with van der Waals surface area (Å²) in [5.74, 6) is -0.223. The standard InChI is InChI=1S/C20H19N2O3PS/c1-13(25-26-24)11-14-4-6-15(7-5-14)20(23)22-18-12-16(8-9-17(18)21)19-3-2-10-27-19/h2-10,12-13H,11,21H2,1H3,(H,22,23). The summed E-state index contributed by atoms with van der Waals surface area (Å²) >= 11 is 1.63. The van der Waals surface area contributed by atoms with Gasteiger partial charge in [-0.05, 0) is 60.2 Å². The number of carbonyl (C=O) groups excluding carboxylic acids is 1. The maximum absolute atomic E-state index is 12.6.